The van der Waals surface area contributed by atoms with Gasteiger partial charge in [-0.1, -0.05) is 12.1 Å². The second-order valence-electron chi connectivity index (χ2n) is 7.97. The van der Waals surface area contributed by atoms with E-state index >= 15 is 0 Å². The van der Waals surface area contributed by atoms with Crippen LogP contribution in [0.4, 0.5) is 29.1 Å². The van der Waals surface area contributed by atoms with E-state index in [1.165, 1.54) is 13.0 Å². The molecule has 4 rings (SSSR count). The van der Waals surface area contributed by atoms with Crippen molar-refractivity contribution in [2.24, 2.45) is 5.73 Å². The molecule has 1 fully saturated rings. The molecule has 0 aliphatic carbocycles. The molecule has 32 heavy (non-hydrogen) atoms. The van der Waals surface area contributed by atoms with Crippen LogP contribution in [0.2, 0.25) is 0 Å². The Bertz CT molecular complexity index is 1140. The molecule has 0 unspecified atom stereocenters. The van der Waals surface area contributed by atoms with Crippen LogP contribution in [0.25, 0.3) is 10.8 Å². The lowest BCUT2D eigenvalue weighted by Gasteiger charge is -2.30. The Morgan fingerprint density at radius 2 is 1.81 bits per heavy atom. The molecule has 2 aromatic carbocycles. The predicted octanol–water partition coefficient (Wildman–Crippen LogP) is 4.49. The summed E-state index contributed by atoms with van der Waals surface area (Å²) in [4.78, 5) is 6.52. The molecule has 5 nitrogen and oxygen atoms in total. The maximum Gasteiger partial charge on any atom is 0.416 e. The minimum atomic E-state index is -4.48. The fraction of sp³-hybridized carbons (Fsp3) is 0.348. The van der Waals surface area contributed by atoms with Crippen LogP contribution in [-0.4, -0.2) is 31.2 Å². The molecule has 1 aliphatic rings. The van der Waals surface area contributed by atoms with Gasteiger partial charge in [-0.15, -0.1) is 0 Å². The molecule has 1 aliphatic heterocycles. The first-order chi connectivity index (χ1) is 15.2. The Morgan fingerprint density at radius 3 is 2.50 bits per heavy atom. The van der Waals surface area contributed by atoms with Crippen molar-refractivity contribution in [3.63, 3.8) is 0 Å². The highest BCUT2D eigenvalue weighted by molar-refractivity contribution is 5.95. The summed E-state index contributed by atoms with van der Waals surface area (Å²) in [5, 5.41) is 7.22. The van der Waals surface area contributed by atoms with Gasteiger partial charge in [0.05, 0.1) is 11.3 Å². The van der Waals surface area contributed by atoms with Gasteiger partial charge in [0.15, 0.2) is 5.82 Å². The molecule has 1 saturated heterocycles. The normalized spacial score (nSPS) is 15.8. The summed E-state index contributed by atoms with van der Waals surface area (Å²) in [5.74, 6) is -0.0959. The fourth-order valence-electron chi connectivity index (χ4n) is 4.14. The van der Waals surface area contributed by atoms with Crippen LogP contribution in [0.3, 0.4) is 0 Å². The molecule has 0 amide bonds. The van der Waals surface area contributed by atoms with E-state index in [9.17, 15) is 17.6 Å². The van der Waals surface area contributed by atoms with Crippen LogP contribution in [0, 0.1) is 19.7 Å². The standard InChI is InChI=1S/C23H25F4N5/c1-13-16(4-3-5-19(13)23(25,26)27)21(28)31-22-18-12-15(32-10-8-29-9-11-32)6-7-17(18)20(24)14(2)30-22/h3-7,12,21,29H,8-11,28H2,1-2H3,(H,30,31)/t21-/m0/s1. The Labute approximate surface area is 183 Å². The molecule has 0 bridgehead atoms. The van der Waals surface area contributed by atoms with Crippen LogP contribution in [-0.2, 0) is 6.18 Å². The summed E-state index contributed by atoms with van der Waals surface area (Å²) < 4.78 is 54.8. The largest absolute Gasteiger partial charge is 0.416 e. The lowest BCUT2D eigenvalue weighted by molar-refractivity contribution is -0.138. The van der Waals surface area contributed by atoms with Gasteiger partial charge in [0.25, 0.3) is 0 Å². The SMILES string of the molecule is Cc1nc(N[C@H](N)c2cccc(C(F)(F)F)c2C)c2cc(N3CCNCC3)ccc2c1F. The summed E-state index contributed by atoms with van der Waals surface area (Å²) in [5.41, 5.74) is 6.99. The third-order valence-corrected chi connectivity index (χ3v) is 5.88. The third kappa shape index (κ3) is 4.22. The van der Waals surface area contributed by atoms with Gasteiger partial charge in [0, 0.05) is 42.6 Å². The van der Waals surface area contributed by atoms with Crippen molar-refractivity contribution in [3.8, 4) is 0 Å². The number of alkyl halides is 3. The summed E-state index contributed by atoms with van der Waals surface area (Å²) in [6, 6.07) is 9.34. The summed E-state index contributed by atoms with van der Waals surface area (Å²) in [7, 11) is 0. The second-order valence-corrected chi connectivity index (χ2v) is 7.97. The van der Waals surface area contributed by atoms with E-state index in [0.717, 1.165) is 37.9 Å². The number of pyridine rings is 1. The minimum Gasteiger partial charge on any atom is -0.369 e. The third-order valence-electron chi connectivity index (χ3n) is 5.88. The topological polar surface area (TPSA) is 66.2 Å². The average Bonchev–Trinajstić information content (AvgIpc) is 2.77. The number of hydrogen-bond donors (Lipinski definition) is 3. The van der Waals surface area contributed by atoms with E-state index in [1.54, 1.807) is 19.1 Å². The van der Waals surface area contributed by atoms with Crippen molar-refractivity contribution in [3.05, 3.63) is 64.6 Å². The number of nitrogens with two attached hydrogens (primary N) is 1. The molecule has 1 atom stereocenters. The average molecular weight is 447 g/mol. The first kappa shape index (κ1) is 22.3. The number of hydrogen-bond acceptors (Lipinski definition) is 5. The van der Waals surface area contributed by atoms with Crippen molar-refractivity contribution < 1.29 is 17.6 Å². The first-order valence-corrected chi connectivity index (χ1v) is 10.4. The number of rotatable bonds is 4. The molecule has 3 aromatic rings. The number of piperazine rings is 1. The zero-order valence-electron chi connectivity index (χ0n) is 17.9. The lowest BCUT2D eigenvalue weighted by Crippen LogP contribution is -2.43. The quantitative estimate of drug-likeness (QED) is 0.406. The summed E-state index contributed by atoms with van der Waals surface area (Å²) >= 11 is 0. The number of nitrogens with one attached hydrogen (secondary N) is 2. The number of aryl methyl sites for hydroxylation is 1. The van der Waals surface area contributed by atoms with Gasteiger partial charge in [-0.25, -0.2) is 9.37 Å². The van der Waals surface area contributed by atoms with E-state index in [2.05, 4.69) is 20.5 Å². The van der Waals surface area contributed by atoms with Crippen molar-refractivity contribution in [2.45, 2.75) is 26.2 Å². The van der Waals surface area contributed by atoms with Crippen molar-refractivity contribution in [1.82, 2.24) is 10.3 Å². The molecule has 4 N–H and O–H groups in total. The van der Waals surface area contributed by atoms with Crippen LogP contribution in [0.5, 0.6) is 0 Å². The molecule has 0 saturated carbocycles. The molecular weight excluding hydrogens is 422 g/mol. The number of halogens is 4. The van der Waals surface area contributed by atoms with Crippen molar-refractivity contribution >= 4 is 22.3 Å². The van der Waals surface area contributed by atoms with E-state index in [-0.39, 0.29) is 11.3 Å². The molecule has 170 valence electrons. The molecule has 9 heteroatoms. The maximum absolute atomic E-state index is 14.8. The number of anilines is 2. The van der Waals surface area contributed by atoms with Gasteiger partial charge < -0.3 is 21.3 Å². The monoisotopic (exact) mass is 447 g/mol. The van der Waals surface area contributed by atoms with Gasteiger partial charge in [-0.05, 0) is 49.2 Å². The maximum atomic E-state index is 14.8. The van der Waals surface area contributed by atoms with Gasteiger partial charge in [0.1, 0.15) is 12.0 Å². The van der Waals surface area contributed by atoms with Crippen LogP contribution < -0.4 is 21.3 Å². The van der Waals surface area contributed by atoms with E-state index in [1.807, 2.05) is 12.1 Å². The van der Waals surface area contributed by atoms with Gasteiger partial charge in [-0.3, -0.25) is 0 Å². The van der Waals surface area contributed by atoms with Crippen LogP contribution in [0.1, 0.15) is 28.6 Å². The second kappa shape index (κ2) is 8.55. The van der Waals surface area contributed by atoms with Crippen LogP contribution in [0.15, 0.2) is 36.4 Å². The molecule has 2 heterocycles. The molecule has 0 radical (unpaired) electrons. The zero-order valence-corrected chi connectivity index (χ0v) is 17.9. The highest BCUT2D eigenvalue weighted by atomic mass is 19.4. The number of nitrogens with zero attached hydrogens (tertiary/aromatic N) is 2. The Morgan fingerprint density at radius 1 is 1.09 bits per heavy atom. The smallest absolute Gasteiger partial charge is 0.369 e. The predicted molar refractivity (Wildman–Crippen MR) is 118 cm³/mol. The Kier molecular flexibility index (Phi) is 5.96. The number of aromatic nitrogens is 1. The lowest BCUT2D eigenvalue weighted by atomic mass is 10.00. The van der Waals surface area contributed by atoms with E-state index < -0.39 is 23.7 Å². The van der Waals surface area contributed by atoms with Crippen molar-refractivity contribution in [2.75, 3.05) is 36.4 Å². The first-order valence-electron chi connectivity index (χ1n) is 10.4. The highest BCUT2D eigenvalue weighted by Crippen LogP contribution is 2.35. The van der Waals surface area contributed by atoms with E-state index in [0.29, 0.717) is 22.2 Å². The summed E-state index contributed by atoms with van der Waals surface area (Å²) in [6.45, 7) is 6.28. The van der Waals surface area contributed by atoms with Gasteiger partial charge >= 0.3 is 6.18 Å². The minimum absolute atomic E-state index is 0.0460. The molecular formula is C23H25F4N5. The molecule has 1 aromatic heterocycles. The number of benzene rings is 2. The Hall–Kier alpha value is -2.91. The highest BCUT2D eigenvalue weighted by Gasteiger charge is 2.33. The summed E-state index contributed by atoms with van der Waals surface area (Å²) in [6.07, 6.45) is -5.43. The van der Waals surface area contributed by atoms with Crippen LogP contribution >= 0.6 is 0 Å². The van der Waals surface area contributed by atoms with Gasteiger partial charge in [-0.2, -0.15) is 13.2 Å². The Balaban J connectivity index is 1.74. The molecule has 0 spiro atoms. The van der Waals surface area contributed by atoms with E-state index in [4.69, 9.17) is 5.73 Å². The fourth-order valence-corrected chi connectivity index (χ4v) is 4.14. The number of fused-ring (bicyclic) bond motifs is 1. The van der Waals surface area contributed by atoms with Gasteiger partial charge in [0.2, 0.25) is 0 Å². The zero-order chi connectivity index (χ0) is 23.0. The van der Waals surface area contributed by atoms with Crippen molar-refractivity contribution in [1.29, 1.82) is 0 Å².